The molecule has 1 aliphatic carbocycles. The molecule has 0 spiro atoms. The zero-order chi connectivity index (χ0) is 17.2. The molecule has 2 rings (SSSR count). The molecule has 8 heteroatoms. The van der Waals surface area contributed by atoms with Gasteiger partial charge < -0.3 is 15.4 Å². The van der Waals surface area contributed by atoms with Crippen LogP contribution in [0.25, 0.3) is 0 Å². The van der Waals surface area contributed by atoms with Crippen LogP contribution < -0.4 is 10.6 Å². The normalized spacial score (nSPS) is 20.9. The van der Waals surface area contributed by atoms with Gasteiger partial charge in [0.1, 0.15) is 12.1 Å². The topological polar surface area (TPSA) is 105 Å². The van der Waals surface area contributed by atoms with Gasteiger partial charge in [0, 0.05) is 6.04 Å². The molecule has 1 saturated heterocycles. The standard InChI is InChI=1S/C15H23N3O5/c1-4-15(5-2)13(21)18(14(22)17-15)8-11(19)23-9(3)12(20)16-10-6-7-10/h9-10H,4-8H2,1-3H3,(H,16,20)(H,17,22)/t9-/m0/s1. The maximum atomic E-state index is 12.4. The highest BCUT2D eigenvalue weighted by Crippen LogP contribution is 2.24. The Morgan fingerprint density at radius 3 is 2.43 bits per heavy atom. The molecule has 128 valence electrons. The minimum absolute atomic E-state index is 0.171. The summed E-state index contributed by atoms with van der Waals surface area (Å²) in [5.41, 5.74) is -0.952. The molecule has 0 unspecified atom stereocenters. The quantitative estimate of drug-likeness (QED) is 0.518. The first-order chi connectivity index (χ1) is 10.8. The molecular weight excluding hydrogens is 302 g/mol. The van der Waals surface area contributed by atoms with Crippen LogP contribution in [0.3, 0.4) is 0 Å². The monoisotopic (exact) mass is 325 g/mol. The summed E-state index contributed by atoms with van der Waals surface area (Å²) in [5.74, 6) is -1.58. The van der Waals surface area contributed by atoms with Gasteiger partial charge in [-0.1, -0.05) is 13.8 Å². The van der Waals surface area contributed by atoms with Crippen LogP contribution in [-0.2, 0) is 19.1 Å². The Morgan fingerprint density at radius 2 is 1.96 bits per heavy atom. The van der Waals surface area contributed by atoms with Crippen molar-refractivity contribution in [3.05, 3.63) is 0 Å². The lowest BCUT2D eigenvalue weighted by Gasteiger charge is -2.23. The molecule has 1 saturated carbocycles. The highest BCUT2D eigenvalue weighted by Gasteiger charge is 2.49. The fourth-order valence-electron chi connectivity index (χ4n) is 2.51. The van der Waals surface area contributed by atoms with E-state index in [2.05, 4.69) is 10.6 Å². The molecule has 0 radical (unpaired) electrons. The van der Waals surface area contributed by atoms with Crippen molar-refractivity contribution in [2.45, 2.75) is 64.1 Å². The van der Waals surface area contributed by atoms with Crippen molar-refractivity contribution in [2.24, 2.45) is 0 Å². The number of hydrogen-bond donors (Lipinski definition) is 2. The van der Waals surface area contributed by atoms with Crippen molar-refractivity contribution < 1.29 is 23.9 Å². The van der Waals surface area contributed by atoms with E-state index in [0.29, 0.717) is 12.8 Å². The van der Waals surface area contributed by atoms with Gasteiger partial charge in [0.25, 0.3) is 11.8 Å². The number of hydrogen-bond acceptors (Lipinski definition) is 5. The molecule has 1 aliphatic heterocycles. The lowest BCUT2D eigenvalue weighted by molar-refractivity contribution is -0.156. The molecule has 0 aromatic heterocycles. The molecule has 23 heavy (non-hydrogen) atoms. The average Bonchev–Trinajstić information content (AvgIpc) is 3.29. The van der Waals surface area contributed by atoms with Crippen molar-refractivity contribution in [3.63, 3.8) is 0 Å². The van der Waals surface area contributed by atoms with Gasteiger partial charge in [-0.2, -0.15) is 0 Å². The van der Waals surface area contributed by atoms with Gasteiger partial charge in [-0.25, -0.2) is 4.79 Å². The number of carbonyl (C=O) groups is 4. The first-order valence-corrected chi connectivity index (χ1v) is 7.97. The van der Waals surface area contributed by atoms with Crippen LogP contribution in [0.4, 0.5) is 4.79 Å². The predicted molar refractivity (Wildman–Crippen MR) is 80.3 cm³/mol. The zero-order valence-corrected chi connectivity index (χ0v) is 13.7. The fraction of sp³-hybridized carbons (Fsp3) is 0.733. The first-order valence-electron chi connectivity index (χ1n) is 7.97. The van der Waals surface area contributed by atoms with E-state index < -0.39 is 36.1 Å². The second-order valence-corrected chi connectivity index (χ2v) is 6.03. The van der Waals surface area contributed by atoms with Gasteiger partial charge in [0.15, 0.2) is 6.10 Å². The third-order valence-corrected chi connectivity index (χ3v) is 4.34. The summed E-state index contributed by atoms with van der Waals surface area (Å²) in [6.07, 6.45) is 1.81. The van der Waals surface area contributed by atoms with E-state index >= 15 is 0 Å². The van der Waals surface area contributed by atoms with Crippen LogP contribution >= 0.6 is 0 Å². The predicted octanol–water partition coefficient (Wildman–Crippen LogP) is 0.307. The van der Waals surface area contributed by atoms with Gasteiger partial charge in [-0.05, 0) is 32.6 Å². The number of nitrogens with one attached hydrogen (secondary N) is 2. The minimum Gasteiger partial charge on any atom is -0.451 e. The third-order valence-electron chi connectivity index (χ3n) is 4.34. The maximum absolute atomic E-state index is 12.4. The number of nitrogens with zero attached hydrogens (tertiary/aromatic N) is 1. The number of amides is 4. The maximum Gasteiger partial charge on any atom is 0.327 e. The number of esters is 1. The van der Waals surface area contributed by atoms with Crippen LogP contribution in [0.15, 0.2) is 0 Å². The molecule has 0 aromatic carbocycles. The Labute approximate surface area is 134 Å². The third kappa shape index (κ3) is 3.62. The van der Waals surface area contributed by atoms with E-state index in [4.69, 9.17) is 4.74 Å². The molecular formula is C15H23N3O5. The van der Waals surface area contributed by atoms with Gasteiger partial charge in [0.2, 0.25) is 0 Å². The van der Waals surface area contributed by atoms with Crippen LogP contribution in [0.1, 0.15) is 46.5 Å². The highest BCUT2D eigenvalue weighted by atomic mass is 16.5. The second-order valence-electron chi connectivity index (χ2n) is 6.03. The van der Waals surface area contributed by atoms with Crippen molar-refractivity contribution >= 4 is 23.8 Å². The van der Waals surface area contributed by atoms with Gasteiger partial charge in [-0.15, -0.1) is 0 Å². The Kier molecular flexibility index (Phi) is 4.91. The molecule has 2 fully saturated rings. The lowest BCUT2D eigenvalue weighted by Crippen LogP contribution is -2.46. The van der Waals surface area contributed by atoms with Crippen molar-refractivity contribution in [1.82, 2.24) is 15.5 Å². The Hall–Kier alpha value is -2.12. The molecule has 1 heterocycles. The van der Waals surface area contributed by atoms with E-state index in [0.717, 1.165) is 17.7 Å². The van der Waals surface area contributed by atoms with Crippen LogP contribution in [-0.4, -0.2) is 52.9 Å². The van der Waals surface area contributed by atoms with E-state index in [1.807, 2.05) is 0 Å². The molecule has 8 nitrogen and oxygen atoms in total. The van der Waals surface area contributed by atoms with Gasteiger partial charge in [-0.3, -0.25) is 19.3 Å². The smallest absolute Gasteiger partial charge is 0.327 e. The van der Waals surface area contributed by atoms with E-state index in [1.54, 1.807) is 13.8 Å². The Balaban J connectivity index is 1.90. The Bertz CT molecular complexity index is 525. The highest BCUT2D eigenvalue weighted by molar-refractivity contribution is 6.08. The first kappa shape index (κ1) is 17.2. The number of imide groups is 1. The van der Waals surface area contributed by atoms with Crippen LogP contribution in [0, 0.1) is 0 Å². The second kappa shape index (κ2) is 6.55. The fourth-order valence-corrected chi connectivity index (χ4v) is 2.51. The molecule has 0 aromatic rings. The Morgan fingerprint density at radius 1 is 1.35 bits per heavy atom. The molecule has 2 N–H and O–H groups in total. The van der Waals surface area contributed by atoms with E-state index in [-0.39, 0.29) is 11.9 Å². The van der Waals surface area contributed by atoms with Crippen molar-refractivity contribution in [1.29, 1.82) is 0 Å². The van der Waals surface area contributed by atoms with Gasteiger partial charge >= 0.3 is 12.0 Å². The summed E-state index contributed by atoms with van der Waals surface area (Å²) in [4.78, 5) is 48.8. The summed E-state index contributed by atoms with van der Waals surface area (Å²) in [6.45, 7) is 4.57. The summed E-state index contributed by atoms with van der Waals surface area (Å²) in [7, 11) is 0. The minimum atomic E-state index is -0.953. The number of carbonyl (C=O) groups excluding carboxylic acids is 4. The van der Waals surface area contributed by atoms with Crippen molar-refractivity contribution in [3.8, 4) is 0 Å². The molecule has 4 amide bonds. The summed E-state index contributed by atoms with van der Waals surface area (Å²) >= 11 is 0. The molecule has 1 atom stereocenters. The number of ether oxygens (including phenoxy) is 1. The molecule has 2 aliphatic rings. The lowest BCUT2D eigenvalue weighted by atomic mass is 9.93. The van der Waals surface area contributed by atoms with Gasteiger partial charge in [0.05, 0.1) is 0 Å². The van der Waals surface area contributed by atoms with Crippen LogP contribution in [0.2, 0.25) is 0 Å². The summed E-state index contributed by atoms with van der Waals surface area (Å²) < 4.78 is 5.01. The largest absolute Gasteiger partial charge is 0.451 e. The number of urea groups is 1. The van der Waals surface area contributed by atoms with E-state index in [1.165, 1.54) is 6.92 Å². The van der Waals surface area contributed by atoms with Crippen LogP contribution in [0.5, 0.6) is 0 Å². The summed E-state index contributed by atoms with van der Waals surface area (Å²) in [6, 6.07) is -0.435. The zero-order valence-electron chi connectivity index (χ0n) is 13.7. The molecule has 0 bridgehead atoms. The van der Waals surface area contributed by atoms with E-state index in [9.17, 15) is 19.2 Å². The average molecular weight is 325 g/mol. The van der Waals surface area contributed by atoms with Crippen molar-refractivity contribution in [2.75, 3.05) is 6.54 Å². The number of rotatable bonds is 7. The SMILES string of the molecule is CCC1(CC)NC(=O)N(CC(=O)O[C@@H](C)C(=O)NC2CC2)C1=O. The summed E-state index contributed by atoms with van der Waals surface area (Å²) in [5, 5.41) is 5.36.